The van der Waals surface area contributed by atoms with E-state index in [0.717, 1.165) is 16.9 Å². The van der Waals surface area contributed by atoms with E-state index in [1.807, 2.05) is 54.6 Å². The second-order valence-corrected chi connectivity index (χ2v) is 5.06. The number of amides is 2. The molecule has 1 atom stereocenters. The maximum atomic E-state index is 12.1. The third-order valence-electron chi connectivity index (χ3n) is 3.57. The first-order chi connectivity index (χ1) is 11.2. The fraction of sp³-hybridized carbons (Fsp3) is 0.278. The van der Waals surface area contributed by atoms with E-state index in [0.29, 0.717) is 6.54 Å². The van der Waals surface area contributed by atoms with E-state index in [2.05, 4.69) is 10.6 Å². The molecule has 0 fully saturated rings. The van der Waals surface area contributed by atoms with Crippen molar-refractivity contribution in [3.8, 4) is 5.75 Å². The van der Waals surface area contributed by atoms with Gasteiger partial charge in [0.25, 0.3) is 0 Å². The largest absolute Gasteiger partial charge is 0.497 e. The van der Waals surface area contributed by atoms with Crippen molar-refractivity contribution < 1.29 is 13.9 Å². The second kappa shape index (κ2) is 8.78. The molecular formula is C18H21FN2O2. The Hall–Kier alpha value is -2.56. The number of nitrogens with one attached hydrogen (secondary N) is 2. The summed E-state index contributed by atoms with van der Waals surface area (Å²) in [5.74, 6) is 0.799. The van der Waals surface area contributed by atoms with Crippen LogP contribution in [0.1, 0.15) is 17.0 Å². The van der Waals surface area contributed by atoms with Gasteiger partial charge in [0.15, 0.2) is 0 Å². The van der Waals surface area contributed by atoms with Crippen molar-refractivity contribution in [3.05, 3.63) is 65.7 Å². The summed E-state index contributed by atoms with van der Waals surface area (Å²) >= 11 is 0. The number of hydrogen-bond acceptors (Lipinski definition) is 2. The second-order valence-electron chi connectivity index (χ2n) is 5.06. The fourth-order valence-electron chi connectivity index (χ4n) is 2.37. The molecule has 0 heterocycles. The van der Waals surface area contributed by atoms with E-state index < -0.39 is 6.67 Å². The number of urea groups is 1. The lowest BCUT2D eigenvalue weighted by atomic mass is 9.91. The summed E-state index contributed by atoms with van der Waals surface area (Å²) < 4.78 is 17.3. The number of halogens is 1. The molecule has 0 aromatic heterocycles. The molecule has 0 aliphatic rings. The van der Waals surface area contributed by atoms with Crippen molar-refractivity contribution in [2.24, 2.45) is 0 Å². The highest BCUT2D eigenvalue weighted by molar-refractivity contribution is 5.73. The van der Waals surface area contributed by atoms with Gasteiger partial charge in [-0.25, -0.2) is 9.18 Å². The van der Waals surface area contributed by atoms with Gasteiger partial charge in [0.2, 0.25) is 0 Å². The lowest BCUT2D eigenvalue weighted by molar-refractivity contribution is 0.239. The van der Waals surface area contributed by atoms with Crippen LogP contribution in [-0.2, 0) is 0 Å². The lowest BCUT2D eigenvalue weighted by Crippen LogP contribution is -2.38. The van der Waals surface area contributed by atoms with Crippen LogP contribution in [0, 0.1) is 0 Å². The molecule has 4 nitrogen and oxygen atoms in total. The van der Waals surface area contributed by atoms with Gasteiger partial charge in [-0.05, 0) is 23.3 Å². The molecule has 2 aromatic carbocycles. The van der Waals surface area contributed by atoms with Gasteiger partial charge in [-0.2, -0.15) is 0 Å². The molecule has 0 aliphatic carbocycles. The summed E-state index contributed by atoms with van der Waals surface area (Å²) in [5, 5.41) is 5.26. The molecule has 0 radical (unpaired) electrons. The normalized spacial score (nSPS) is 11.6. The number of rotatable bonds is 7. The van der Waals surface area contributed by atoms with E-state index in [4.69, 9.17) is 4.74 Å². The molecule has 0 bridgehead atoms. The predicted molar refractivity (Wildman–Crippen MR) is 88.7 cm³/mol. The molecule has 2 amide bonds. The maximum Gasteiger partial charge on any atom is 0.314 e. The lowest BCUT2D eigenvalue weighted by Gasteiger charge is -2.19. The van der Waals surface area contributed by atoms with E-state index >= 15 is 0 Å². The minimum Gasteiger partial charge on any atom is -0.497 e. The Bertz CT molecular complexity index is 602. The molecule has 122 valence electrons. The standard InChI is InChI=1S/C18H21FN2O2/c1-23-16-9-7-15(8-10-16)17(14-5-3-2-4-6-14)13-21-18(22)20-12-11-19/h2-10,17H,11-13H2,1H3,(H2,20,21,22). The quantitative estimate of drug-likeness (QED) is 0.825. The third-order valence-corrected chi connectivity index (χ3v) is 3.57. The highest BCUT2D eigenvalue weighted by Gasteiger charge is 2.15. The molecule has 1 unspecified atom stereocenters. The average Bonchev–Trinajstić information content (AvgIpc) is 2.61. The van der Waals surface area contributed by atoms with Gasteiger partial charge in [-0.3, -0.25) is 0 Å². The van der Waals surface area contributed by atoms with E-state index in [9.17, 15) is 9.18 Å². The smallest absolute Gasteiger partial charge is 0.314 e. The van der Waals surface area contributed by atoms with Crippen LogP contribution >= 0.6 is 0 Å². The van der Waals surface area contributed by atoms with Crippen LogP contribution in [0.2, 0.25) is 0 Å². The number of benzene rings is 2. The van der Waals surface area contributed by atoms with Crippen LogP contribution in [0.3, 0.4) is 0 Å². The summed E-state index contributed by atoms with van der Waals surface area (Å²) in [7, 11) is 1.63. The zero-order chi connectivity index (χ0) is 16.5. The monoisotopic (exact) mass is 316 g/mol. The summed E-state index contributed by atoms with van der Waals surface area (Å²) in [6.45, 7) is -0.132. The highest BCUT2D eigenvalue weighted by Crippen LogP contribution is 2.25. The summed E-state index contributed by atoms with van der Waals surface area (Å²) in [5.41, 5.74) is 2.17. The van der Waals surface area contributed by atoms with Crippen LogP contribution in [0.25, 0.3) is 0 Å². The van der Waals surface area contributed by atoms with Crippen molar-refractivity contribution in [1.82, 2.24) is 10.6 Å². The van der Waals surface area contributed by atoms with Crippen molar-refractivity contribution in [2.75, 3.05) is 26.9 Å². The average molecular weight is 316 g/mol. The number of methoxy groups -OCH3 is 1. The van der Waals surface area contributed by atoms with Crippen molar-refractivity contribution >= 4 is 6.03 Å². The van der Waals surface area contributed by atoms with Gasteiger partial charge in [0, 0.05) is 19.0 Å². The molecule has 5 heteroatoms. The van der Waals surface area contributed by atoms with Gasteiger partial charge < -0.3 is 15.4 Å². The van der Waals surface area contributed by atoms with Crippen molar-refractivity contribution in [1.29, 1.82) is 0 Å². The maximum absolute atomic E-state index is 12.1. The molecule has 2 aromatic rings. The van der Waals surface area contributed by atoms with Gasteiger partial charge >= 0.3 is 6.03 Å². The number of hydrogen-bond donors (Lipinski definition) is 2. The zero-order valence-corrected chi connectivity index (χ0v) is 13.1. The van der Waals surface area contributed by atoms with E-state index in [1.165, 1.54) is 0 Å². The minimum absolute atomic E-state index is 0.0123. The molecule has 23 heavy (non-hydrogen) atoms. The van der Waals surface area contributed by atoms with Crippen LogP contribution < -0.4 is 15.4 Å². The molecule has 0 aliphatic heterocycles. The first-order valence-corrected chi connectivity index (χ1v) is 7.51. The number of carbonyl (C=O) groups excluding carboxylic acids is 1. The van der Waals surface area contributed by atoms with Gasteiger partial charge in [-0.1, -0.05) is 42.5 Å². The molecule has 0 saturated heterocycles. The zero-order valence-electron chi connectivity index (χ0n) is 13.1. The van der Waals surface area contributed by atoms with Gasteiger partial charge in [-0.15, -0.1) is 0 Å². The SMILES string of the molecule is COc1ccc(C(CNC(=O)NCCF)c2ccccc2)cc1. The first kappa shape index (κ1) is 16.8. The topological polar surface area (TPSA) is 50.4 Å². The molecule has 2 N–H and O–H groups in total. The van der Waals surface area contributed by atoms with E-state index in [1.54, 1.807) is 7.11 Å². The molecule has 0 saturated carbocycles. The highest BCUT2D eigenvalue weighted by atomic mass is 19.1. The number of alkyl halides is 1. The van der Waals surface area contributed by atoms with Gasteiger partial charge in [0.05, 0.1) is 7.11 Å². The van der Waals surface area contributed by atoms with Crippen LogP contribution in [0.5, 0.6) is 5.75 Å². The molecular weight excluding hydrogens is 295 g/mol. The Morgan fingerprint density at radius 2 is 1.70 bits per heavy atom. The van der Waals surface area contributed by atoms with Crippen molar-refractivity contribution in [2.45, 2.75) is 5.92 Å². The van der Waals surface area contributed by atoms with Gasteiger partial charge in [0.1, 0.15) is 12.4 Å². The van der Waals surface area contributed by atoms with Crippen LogP contribution in [0.4, 0.5) is 9.18 Å². The Balaban J connectivity index is 2.13. The molecule has 0 spiro atoms. The third kappa shape index (κ3) is 4.98. The Morgan fingerprint density at radius 1 is 1.04 bits per heavy atom. The summed E-state index contributed by atoms with van der Waals surface area (Å²) in [4.78, 5) is 11.7. The Labute approximate surface area is 135 Å². The fourth-order valence-corrected chi connectivity index (χ4v) is 2.37. The number of ether oxygens (including phenoxy) is 1. The predicted octanol–water partition coefficient (Wildman–Crippen LogP) is 3.10. The Morgan fingerprint density at radius 3 is 2.30 bits per heavy atom. The molecule has 2 rings (SSSR count). The van der Waals surface area contributed by atoms with Crippen LogP contribution in [0.15, 0.2) is 54.6 Å². The van der Waals surface area contributed by atoms with E-state index in [-0.39, 0.29) is 18.5 Å². The first-order valence-electron chi connectivity index (χ1n) is 7.51. The van der Waals surface area contributed by atoms with Crippen LogP contribution in [-0.4, -0.2) is 32.9 Å². The summed E-state index contributed by atoms with van der Waals surface area (Å²) in [6.07, 6.45) is 0. The Kier molecular flexibility index (Phi) is 6.41. The minimum atomic E-state index is -0.575. The number of carbonyl (C=O) groups is 1. The van der Waals surface area contributed by atoms with Crippen molar-refractivity contribution in [3.63, 3.8) is 0 Å². The summed E-state index contributed by atoms with van der Waals surface area (Å²) in [6, 6.07) is 17.3.